The van der Waals surface area contributed by atoms with Crippen LogP contribution in [0, 0.1) is 6.92 Å². The average Bonchev–Trinajstić information content (AvgIpc) is 2.54. The molecule has 1 aromatic carbocycles. The van der Waals surface area contributed by atoms with E-state index in [-0.39, 0.29) is 12.5 Å². The van der Waals surface area contributed by atoms with Crippen LogP contribution < -0.4 is 4.74 Å². The molecule has 0 fully saturated rings. The van der Waals surface area contributed by atoms with Crippen LogP contribution in [-0.2, 0) is 9.47 Å². The molecule has 2 aromatic rings. The Morgan fingerprint density at radius 1 is 1.26 bits per heavy atom. The van der Waals surface area contributed by atoms with Gasteiger partial charge in [0.05, 0.1) is 12.8 Å². The van der Waals surface area contributed by atoms with Crippen molar-refractivity contribution in [1.29, 1.82) is 0 Å². The summed E-state index contributed by atoms with van der Waals surface area (Å²) in [4.78, 5) is 11.4. The Balaban J connectivity index is 2.38. The van der Waals surface area contributed by atoms with E-state index in [9.17, 15) is 4.79 Å². The van der Waals surface area contributed by atoms with Crippen molar-refractivity contribution in [2.75, 3.05) is 20.5 Å². The second-order valence-electron chi connectivity index (χ2n) is 4.65. The van der Waals surface area contributed by atoms with Gasteiger partial charge in [-0.2, -0.15) is 0 Å². The molecule has 2 rings (SSSR count). The van der Waals surface area contributed by atoms with Crippen molar-refractivity contribution < 1.29 is 19.0 Å². The van der Waals surface area contributed by atoms with E-state index < -0.39 is 5.97 Å². The molecule has 0 saturated carbocycles. The number of methoxy groups -OCH3 is 1. The fraction of sp³-hybridized carbons (Fsp3) is 0.312. The summed E-state index contributed by atoms with van der Waals surface area (Å²) in [6, 6.07) is 6.73. The third kappa shape index (κ3) is 4.18. The molecule has 0 unspecified atom stereocenters. The molecule has 122 valence electrons. The smallest absolute Gasteiger partial charge is 0.358 e. The highest BCUT2D eigenvalue weighted by Crippen LogP contribution is 2.34. The van der Waals surface area contributed by atoms with Crippen LogP contribution in [0.3, 0.4) is 0 Å². The van der Waals surface area contributed by atoms with Crippen LogP contribution in [0.4, 0.5) is 0 Å². The number of nitrogens with zero attached hydrogens (tertiary/aromatic N) is 2. The number of hydrogen-bond donors (Lipinski definition) is 0. The van der Waals surface area contributed by atoms with Gasteiger partial charge in [-0.1, -0.05) is 11.6 Å². The number of aromatic nitrogens is 2. The molecular formula is C16H17ClN2O4. The molecule has 7 heteroatoms. The number of carbonyl (C=O) groups is 1. The SMILES string of the molecule is CCOCOc1cc(Cl)cc(C)c1-c1ccc(C(=O)OC)nn1. The molecule has 0 aliphatic rings. The topological polar surface area (TPSA) is 70.5 Å². The Hall–Kier alpha value is -2.18. The van der Waals surface area contributed by atoms with Crippen LogP contribution in [0.5, 0.6) is 5.75 Å². The minimum absolute atomic E-state index is 0.108. The molecule has 23 heavy (non-hydrogen) atoms. The van der Waals surface area contributed by atoms with Gasteiger partial charge in [-0.05, 0) is 43.7 Å². The Kier molecular flexibility index (Phi) is 5.90. The van der Waals surface area contributed by atoms with Crippen molar-refractivity contribution in [1.82, 2.24) is 10.2 Å². The second kappa shape index (κ2) is 7.89. The van der Waals surface area contributed by atoms with Crippen molar-refractivity contribution in [2.45, 2.75) is 13.8 Å². The summed E-state index contributed by atoms with van der Waals surface area (Å²) < 4.78 is 15.4. The van der Waals surface area contributed by atoms with Crippen LogP contribution in [0.25, 0.3) is 11.3 Å². The summed E-state index contributed by atoms with van der Waals surface area (Å²) >= 11 is 6.09. The fourth-order valence-corrected chi connectivity index (χ4v) is 2.28. The van der Waals surface area contributed by atoms with Crippen LogP contribution in [-0.4, -0.2) is 36.7 Å². The molecule has 1 heterocycles. The largest absolute Gasteiger partial charge is 0.467 e. The number of halogens is 1. The van der Waals surface area contributed by atoms with E-state index in [1.54, 1.807) is 24.3 Å². The van der Waals surface area contributed by atoms with E-state index >= 15 is 0 Å². The van der Waals surface area contributed by atoms with Crippen molar-refractivity contribution in [3.8, 4) is 17.0 Å². The van der Waals surface area contributed by atoms with E-state index in [1.165, 1.54) is 7.11 Å². The molecule has 1 aromatic heterocycles. The monoisotopic (exact) mass is 336 g/mol. The van der Waals surface area contributed by atoms with E-state index in [4.69, 9.17) is 21.1 Å². The zero-order valence-electron chi connectivity index (χ0n) is 13.1. The predicted octanol–water partition coefficient (Wildman–Crippen LogP) is 3.26. The third-order valence-corrected chi connectivity index (χ3v) is 3.30. The average molecular weight is 337 g/mol. The van der Waals surface area contributed by atoms with E-state index in [2.05, 4.69) is 14.9 Å². The molecule has 0 amide bonds. The number of esters is 1. The van der Waals surface area contributed by atoms with E-state index in [0.29, 0.717) is 23.1 Å². The van der Waals surface area contributed by atoms with Crippen LogP contribution in [0.2, 0.25) is 5.02 Å². The quantitative estimate of drug-likeness (QED) is 0.458. The first-order valence-corrected chi connectivity index (χ1v) is 7.37. The number of hydrogen-bond acceptors (Lipinski definition) is 6. The van der Waals surface area contributed by atoms with Gasteiger partial charge >= 0.3 is 5.97 Å². The van der Waals surface area contributed by atoms with Crippen molar-refractivity contribution in [3.05, 3.63) is 40.5 Å². The first-order valence-electron chi connectivity index (χ1n) is 7.00. The first kappa shape index (κ1) is 17.2. The maximum absolute atomic E-state index is 11.4. The Bertz CT molecular complexity index is 689. The Labute approximate surface area is 139 Å². The molecule has 0 N–H and O–H groups in total. The summed E-state index contributed by atoms with van der Waals surface area (Å²) in [6.07, 6.45) is 0. The van der Waals surface area contributed by atoms with E-state index in [0.717, 1.165) is 11.1 Å². The standard InChI is InChI=1S/C16H17ClN2O4/c1-4-22-9-23-14-8-11(17)7-10(2)15(14)12-5-6-13(19-18-12)16(20)21-3/h5-8H,4,9H2,1-3H3. The van der Waals surface area contributed by atoms with Gasteiger partial charge in [0.2, 0.25) is 0 Å². The zero-order valence-corrected chi connectivity index (χ0v) is 13.9. The van der Waals surface area contributed by atoms with Crippen molar-refractivity contribution in [2.24, 2.45) is 0 Å². The molecule has 6 nitrogen and oxygen atoms in total. The summed E-state index contributed by atoms with van der Waals surface area (Å²) in [5.41, 5.74) is 2.33. The molecule has 0 spiro atoms. The fourth-order valence-electron chi connectivity index (χ4n) is 2.02. The van der Waals surface area contributed by atoms with Gasteiger partial charge in [0.25, 0.3) is 0 Å². The van der Waals surface area contributed by atoms with Gasteiger partial charge in [0.15, 0.2) is 12.5 Å². The minimum Gasteiger partial charge on any atom is -0.467 e. The number of carbonyl (C=O) groups excluding carboxylic acids is 1. The molecule has 0 aliphatic heterocycles. The van der Waals surface area contributed by atoms with Crippen molar-refractivity contribution in [3.63, 3.8) is 0 Å². The predicted molar refractivity (Wildman–Crippen MR) is 85.7 cm³/mol. The summed E-state index contributed by atoms with van der Waals surface area (Å²) in [5.74, 6) is 0.00765. The van der Waals surface area contributed by atoms with Gasteiger partial charge in [0.1, 0.15) is 5.75 Å². The van der Waals surface area contributed by atoms with Gasteiger partial charge in [-0.25, -0.2) is 4.79 Å². The second-order valence-corrected chi connectivity index (χ2v) is 5.08. The summed E-state index contributed by atoms with van der Waals surface area (Å²) in [7, 11) is 1.29. The third-order valence-electron chi connectivity index (χ3n) is 3.08. The van der Waals surface area contributed by atoms with Gasteiger partial charge in [-0.15, -0.1) is 10.2 Å². The highest BCUT2D eigenvalue weighted by molar-refractivity contribution is 6.31. The van der Waals surface area contributed by atoms with Crippen LogP contribution in [0.15, 0.2) is 24.3 Å². The lowest BCUT2D eigenvalue weighted by molar-refractivity contribution is 0.0227. The molecule has 0 aliphatic carbocycles. The normalized spacial score (nSPS) is 10.4. The Morgan fingerprint density at radius 2 is 2.04 bits per heavy atom. The number of benzene rings is 1. The van der Waals surface area contributed by atoms with Crippen molar-refractivity contribution >= 4 is 17.6 Å². The summed E-state index contributed by atoms with van der Waals surface area (Å²) in [6.45, 7) is 4.43. The molecule has 0 radical (unpaired) electrons. The highest BCUT2D eigenvalue weighted by Gasteiger charge is 2.15. The maximum atomic E-state index is 11.4. The lowest BCUT2D eigenvalue weighted by Gasteiger charge is -2.14. The number of ether oxygens (including phenoxy) is 3. The summed E-state index contributed by atoms with van der Waals surface area (Å²) in [5, 5.41) is 8.52. The van der Waals surface area contributed by atoms with Gasteiger partial charge in [0, 0.05) is 17.2 Å². The molecule has 0 atom stereocenters. The Morgan fingerprint density at radius 3 is 2.65 bits per heavy atom. The minimum atomic E-state index is -0.537. The number of aryl methyl sites for hydroxylation is 1. The highest BCUT2D eigenvalue weighted by atomic mass is 35.5. The molecular weight excluding hydrogens is 320 g/mol. The number of rotatable bonds is 6. The molecule has 0 saturated heterocycles. The zero-order chi connectivity index (χ0) is 16.8. The van der Waals surface area contributed by atoms with Gasteiger partial charge < -0.3 is 14.2 Å². The molecule has 0 bridgehead atoms. The lowest BCUT2D eigenvalue weighted by Crippen LogP contribution is -2.07. The van der Waals surface area contributed by atoms with Crippen LogP contribution in [0.1, 0.15) is 23.0 Å². The van der Waals surface area contributed by atoms with E-state index in [1.807, 2.05) is 13.8 Å². The maximum Gasteiger partial charge on any atom is 0.358 e. The first-order chi connectivity index (χ1) is 11.1. The van der Waals surface area contributed by atoms with Crippen LogP contribution >= 0.6 is 11.6 Å². The van der Waals surface area contributed by atoms with Gasteiger partial charge in [-0.3, -0.25) is 0 Å². The lowest BCUT2D eigenvalue weighted by atomic mass is 10.0.